The molecule has 1 amide bonds. The van der Waals surface area contributed by atoms with E-state index in [0.29, 0.717) is 33.2 Å². The van der Waals surface area contributed by atoms with Crippen LogP contribution in [0.2, 0.25) is 0 Å². The Labute approximate surface area is 187 Å². The van der Waals surface area contributed by atoms with Gasteiger partial charge < -0.3 is 19.9 Å². The number of aromatic carboxylic acids is 1. The van der Waals surface area contributed by atoms with E-state index in [1.807, 2.05) is 0 Å². The maximum Gasteiger partial charge on any atom is 0.346 e. The lowest BCUT2D eigenvalue weighted by atomic mass is 9.88. The first-order valence-corrected chi connectivity index (χ1v) is 10.4. The number of thiophene rings is 1. The van der Waals surface area contributed by atoms with Gasteiger partial charge in [-0.15, -0.1) is 17.8 Å². The minimum atomic E-state index is -1.15. The van der Waals surface area contributed by atoms with Gasteiger partial charge in [-0.2, -0.15) is 0 Å². The van der Waals surface area contributed by atoms with Crippen LogP contribution in [0.15, 0.2) is 42.5 Å². The largest absolute Gasteiger partial charge is 0.493 e. The second-order valence-electron chi connectivity index (χ2n) is 7.07. The quantitative estimate of drug-likeness (QED) is 0.529. The molecule has 0 aliphatic carbocycles. The second-order valence-corrected chi connectivity index (χ2v) is 8.12. The number of carboxylic acids is 1. The van der Waals surface area contributed by atoms with Crippen LogP contribution < -0.4 is 14.8 Å². The standard InChI is InChI=1S/C24H18FNO5S/c1-3-9-31-17-8-7-13(11-18(17)30-2)16-12-19(27)26-21-20(14-5-4-6-15(25)10-14)23(24(28)29)32-22(16)21/h1,4-8,10-11,16H,9,12H2,2H3,(H,26,27)(H,28,29)/t16-/m0/s1. The summed E-state index contributed by atoms with van der Waals surface area (Å²) in [6.07, 6.45) is 5.38. The topological polar surface area (TPSA) is 84.9 Å². The van der Waals surface area contributed by atoms with Gasteiger partial charge in [-0.05, 0) is 35.4 Å². The van der Waals surface area contributed by atoms with Gasteiger partial charge in [0.2, 0.25) is 5.91 Å². The number of benzene rings is 2. The SMILES string of the molecule is C#CCOc1ccc([C@@H]2CC(=O)Nc3c2sc(C(=O)O)c3-c2cccc(F)c2)cc1OC. The Balaban J connectivity index is 1.86. The number of terminal acetylenes is 1. The van der Waals surface area contributed by atoms with Crippen LogP contribution in [-0.2, 0) is 4.79 Å². The number of carboxylic acid groups (broad SMARTS) is 1. The third kappa shape index (κ3) is 3.90. The average molecular weight is 451 g/mol. The summed E-state index contributed by atoms with van der Waals surface area (Å²) in [5.74, 6) is 1.000. The molecular weight excluding hydrogens is 433 g/mol. The smallest absolute Gasteiger partial charge is 0.346 e. The molecule has 2 heterocycles. The van der Waals surface area contributed by atoms with Gasteiger partial charge in [0.15, 0.2) is 11.5 Å². The Morgan fingerprint density at radius 2 is 2.12 bits per heavy atom. The molecule has 1 aliphatic rings. The van der Waals surface area contributed by atoms with Crippen LogP contribution in [-0.4, -0.2) is 30.7 Å². The van der Waals surface area contributed by atoms with E-state index in [-0.39, 0.29) is 23.8 Å². The van der Waals surface area contributed by atoms with Crippen molar-refractivity contribution in [2.75, 3.05) is 19.0 Å². The van der Waals surface area contributed by atoms with Crippen molar-refractivity contribution in [1.29, 1.82) is 0 Å². The number of carbonyl (C=O) groups excluding carboxylic acids is 1. The van der Waals surface area contributed by atoms with E-state index < -0.39 is 17.7 Å². The first-order valence-electron chi connectivity index (χ1n) is 9.63. The van der Waals surface area contributed by atoms with Crippen LogP contribution in [0, 0.1) is 18.2 Å². The van der Waals surface area contributed by atoms with Gasteiger partial charge in [0.25, 0.3) is 0 Å². The molecule has 0 bridgehead atoms. The van der Waals surface area contributed by atoms with Gasteiger partial charge in [-0.3, -0.25) is 4.79 Å². The van der Waals surface area contributed by atoms with Crippen LogP contribution in [0.4, 0.5) is 10.1 Å². The zero-order valence-electron chi connectivity index (χ0n) is 17.0. The number of amides is 1. The molecule has 2 aromatic carbocycles. The monoisotopic (exact) mass is 451 g/mol. The zero-order chi connectivity index (χ0) is 22.8. The molecule has 0 fully saturated rings. The lowest BCUT2D eigenvalue weighted by Gasteiger charge is -2.24. The summed E-state index contributed by atoms with van der Waals surface area (Å²) in [5.41, 5.74) is 1.84. The predicted molar refractivity (Wildman–Crippen MR) is 119 cm³/mol. The molecule has 1 aliphatic heterocycles. The summed E-state index contributed by atoms with van der Waals surface area (Å²) in [6.45, 7) is 0.0789. The van der Waals surface area contributed by atoms with Crippen molar-refractivity contribution in [3.05, 3.63) is 63.6 Å². The molecule has 2 N–H and O–H groups in total. The number of halogens is 1. The molecule has 1 aromatic heterocycles. The van der Waals surface area contributed by atoms with Gasteiger partial charge in [-0.1, -0.05) is 24.1 Å². The fourth-order valence-electron chi connectivity index (χ4n) is 3.77. The Morgan fingerprint density at radius 3 is 2.81 bits per heavy atom. The van der Waals surface area contributed by atoms with E-state index in [4.69, 9.17) is 15.9 Å². The number of carbonyl (C=O) groups is 2. The molecule has 8 heteroatoms. The highest BCUT2D eigenvalue weighted by molar-refractivity contribution is 7.15. The molecule has 0 radical (unpaired) electrons. The molecular formula is C24H18FNO5S. The summed E-state index contributed by atoms with van der Waals surface area (Å²) in [4.78, 5) is 25.3. The number of fused-ring (bicyclic) bond motifs is 1. The van der Waals surface area contributed by atoms with Gasteiger partial charge in [0.05, 0.1) is 12.8 Å². The van der Waals surface area contributed by atoms with Crippen molar-refractivity contribution in [3.63, 3.8) is 0 Å². The molecule has 32 heavy (non-hydrogen) atoms. The van der Waals surface area contributed by atoms with Crippen LogP contribution >= 0.6 is 11.3 Å². The van der Waals surface area contributed by atoms with Crippen LogP contribution in [0.25, 0.3) is 11.1 Å². The minimum Gasteiger partial charge on any atom is -0.493 e. The van der Waals surface area contributed by atoms with Crippen molar-refractivity contribution in [1.82, 2.24) is 0 Å². The molecule has 0 spiro atoms. The number of hydrogen-bond acceptors (Lipinski definition) is 5. The Morgan fingerprint density at radius 1 is 1.31 bits per heavy atom. The first kappa shape index (κ1) is 21.4. The van der Waals surface area contributed by atoms with Crippen molar-refractivity contribution in [2.45, 2.75) is 12.3 Å². The maximum absolute atomic E-state index is 13.9. The highest BCUT2D eigenvalue weighted by Crippen LogP contribution is 2.50. The summed E-state index contributed by atoms with van der Waals surface area (Å²) < 4.78 is 24.8. The van der Waals surface area contributed by atoms with E-state index in [0.717, 1.165) is 16.9 Å². The fraction of sp³-hybridized carbons (Fsp3) is 0.167. The number of rotatable bonds is 6. The van der Waals surface area contributed by atoms with Crippen molar-refractivity contribution < 1.29 is 28.6 Å². The second kappa shape index (κ2) is 8.73. The normalized spacial score (nSPS) is 14.8. The van der Waals surface area contributed by atoms with E-state index in [2.05, 4.69) is 11.2 Å². The summed E-state index contributed by atoms with van der Waals surface area (Å²) in [6, 6.07) is 10.9. The number of hydrogen-bond donors (Lipinski definition) is 2. The molecule has 0 saturated carbocycles. The minimum absolute atomic E-state index is 0.0359. The lowest BCUT2D eigenvalue weighted by molar-refractivity contribution is -0.116. The summed E-state index contributed by atoms with van der Waals surface area (Å²) >= 11 is 1.07. The number of ether oxygens (including phenoxy) is 2. The zero-order valence-corrected chi connectivity index (χ0v) is 17.8. The first-order chi connectivity index (χ1) is 15.4. The fourth-order valence-corrected chi connectivity index (χ4v) is 5.01. The predicted octanol–water partition coefficient (Wildman–Crippen LogP) is 4.75. The van der Waals surface area contributed by atoms with Gasteiger partial charge in [0, 0.05) is 22.8 Å². The van der Waals surface area contributed by atoms with Crippen molar-refractivity contribution >= 4 is 28.9 Å². The third-order valence-electron chi connectivity index (χ3n) is 5.11. The van der Waals surface area contributed by atoms with E-state index in [1.165, 1.54) is 25.3 Å². The number of methoxy groups -OCH3 is 1. The van der Waals surface area contributed by atoms with Gasteiger partial charge in [-0.25, -0.2) is 9.18 Å². The van der Waals surface area contributed by atoms with Crippen LogP contribution in [0.1, 0.15) is 32.5 Å². The lowest BCUT2D eigenvalue weighted by Crippen LogP contribution is -2.22. The average Bonchev–Trinajstić information content (AvgIpc) is 3.16. The summed E-state index contributed by atoms with van der Waals surface area (Å²) in [7, 11) is 1.50. The van der Waals surface area contributed by atoms with E-state index in [9.17, 15) is 19.1 Å². The number of anilines is 1. The van der Waals surface area contributed by atoms with E-state index >= 15 is 0 Å². The molecule has 162 valence electrons. The highest BCUT2D eigenvalue weighted by Gasteiger charge is 2.35. The molecule has 1 atom stereocenters. The molecule has 4 rings (SSSR count). The van der Waals surface area contributed by atoms with Crippen molar-refractivity contribution in [2.24, 2.45) is 0 Å². The van der Waals surface area contributed by atoms with E-state index in [1.54, 1.807) is 24.3 Å². The van der Waals surface area contributed by atoms with Crippen LogP contribution in [0.5, 0.6) is 11.5 Å². The Hall–Kier alpha value is -3.83. The van der Waals surface area contributed by atoms with Gasteiger partial charge in [0.1, 0.15) is 17.3 Å². The molecule has 3 aromatic rings. The highest BCUT2D eigenvalue weighted by atomic mass is 32.1. The molecule has 6 nitrogen and oxygen atoms in total. The maximum atomic E-state index is 13.9. The van der Waals surface area contributed by atoms with Crippen molar-refractivity contribution in [3.8, 4) is 35.0 Å². The Kier molecular flexibility index (Phi) is 5.84. The summed E-state index contributed by atoms with van der Waals surface area (Å²) in [5, 5.41) is 12.6. The number of nitrogens with one attached hydrogen (secondary N) is 1. The molecule has 0 unspecified atom stereocenters. The van der Waals surface area contributed by atoms with Crippen LogP contribution in [0.3, 0.4) is 0 Å². The molecule has 0 saturated heterocycles. The Bertz CT molecular complexity index is 1260. The third-order valence-corrected chi connectivity index (χ3v) is 6.41. The van der Waals surface area contributed by atoms with Gasteiger partial charge >= 0.3 is 5.97 Å².